The van der Waals surface area contributed by atoms with Gasteiger partial charge in [-0.15, -0.1) is 11.3 Å². The number of carbonyl (C=O) groups excluding carboxylic acids is 2. The summed E-state index contributed by atoms with van der Waals surface area (Å²) < 4.78 is 13.9. The van der Waals surface area contributed by atoms with Gasteiger partial charge in [-0.2, -0.15) is 0 Å². The number of anilines is 1. The van der Waals surface area contributed by atoms with Crippen molar-refractivity contribution in [3.63, 3.8) is 0 Å². The van der Waals surface area contributed by atoms with Crippen LogP contribution in [0.2, 0.25) is 5.02 Å². The van der Waals surface area contributed by atoms with Gasteiger partial charge in [-0.3, -0.25) is 9.59 Å². The standard InChI is InChI=1S/C21H18ClFN2O2S2/c1-2-13-3-5-14(6-4-13)19(26)12-29-21-25-16(11-28-21)10-20(27)24-15-7-8-18(23)17(22)9-15/h3-9,11H,2,10,12H2,1H3,(H,24,27). The molecule has 0 spiro atoms. The monoisotopic (exact) mass is 448 g/mol. The van der Waals surface area contributed by atoms with Gasteiger partial charge in [-0.25, -0.2) is 9.37 Å². The van der Waals surface area contributed by atoms with Gasteiger partial charge in [-0.1, -0.05) is 54.6 Å². The van der Waals surface area contributed by atoms with Gasteiger partial charge in [0.15, 0.2) is 10.1 Å². The first-order chi connectivity index (χ1) is 13.9. The van der Waals surface area contributed by atoms with E-state index in [9.17, 15) is 14.0 Å². The van der Waals surface area contributed by atoms with Gasteiger partial charge in [0.25, 0.3) is 0 Å². The van der Waals surface area contributed by atoms with Crippen molar-refractivity contribution in [3.8, 4) is 0 Å². The van der Waals surface area contributed by atoms with Crippen LogP contribution in [0, 0.1) is 5.82 Å². The first kappa shape index (κ1) is 21.5. The third kappa shape index (κ3) is 6.13. The van der Waals surface area contributed by atoms with E-state index in [1.165, 1.54) is 46.9 Å². The van der Waals surface area contributed by atoms with E-state index in [0.717, 1.165) is 10.8 Å². The summed E-state index contributed by atoms with van der Waals surface area (Å²) in [4.78, 5) is 28.9. The second kappa shape index (κ2) is 10.0. The molecule has 1 heterocycles. The minimum Gasteiger partial charge on any atom is -0.326 e. The SMILES string of the molecule is CCc1ccc(C(=O)CSc2nc(CC(=O)Nc3ccc(F)c(Cl)c3)cs2)cc1. The largest absolute Gasteiger partial charge is 0.326 e. The molecule has 0 aliphatic rings. The molecule has 3 rings (SSSR count). The van der Waals surface area contributed by atoms with Crippen molar-refractivity contribution in [2.45, 2.75) is 24.1 Å². The maximum absolute atomic E-state index is 13.2. The molecule has 1 aromatic heterocycles. The molecule has 0 bridgehead atoms. The highest BCUT2D eigenvalue weighted by Crippen LogP contribution is 2.24. The Bertz CT molecular complexity index is 1020. The van der Waals surface area contributed by atoms with Crippen LogP contribution in [0.5, 0.6) is 0 Å². The van der Waals surface area contributed by atoms with Crippen molar-refractivity contribution in [1.29, 1.82) is 0 Å². The van der Waals surface area contributed by atoms with E-state index in [0.29, 0.717) is 22.7 Å². The van der Waals surface area contributed by atoms with Crippen LogP contribution in [-0.4, -0.2) is 22.4 Å². The summed E-state index contributed by atoms with van der Waals surface area (Å²) in [5.41, 5.74) is 2.91. The van der Waals surface area contributed by atoms with E-state index >= 15 is 0 Å². The maximum Gasteiger partial charge on any atom is 0.230 e. The van der Waals surface area contributed by atoms with Crippen LogP contribution < -0.4 is 5.32 Å². The molecular formula is C21H18ClFN2O2S2. The zero-order valence-corrected chi connectivity index (χ0v) is 18.0. The average Bonchev–Trinajstić information content (AvgIpc) is 3.16. The number of aromatic nitrogens is 1. The molecule has 0 saturated heterocycles. The highest BCUT2D eigenvalue weighted by atomic mass is 35.5. The summed E-state index contributed by atoms with van der Waals surface area (Å²) in [6.07, 6.45) is 1.02. The molecule has 29 heavy (non-hydrogen) atoms. The molecule has 2 aromatic carbocycles. The van der Waals surface area contributed by atoms with Crippen molar-refractivity contribution in [2.75, 3.05) is 11.1 Å². The Morgan fingerprint density at radius 3 is 2.66 bits per heavy atom. The number of hydrogen-bond donors (Lipinski definition) is 1. The molecule has 1 amide bonds. The number of Topliss-reactive ketones (excluding diaryl/α,β-unsaturated/α-hetero) is 1. The molecule has 0 unspecified atom stereocenters. The normalized spacial score (nSPS) is 10.7. The summed E-state index contributed by atoms with van der Waals surface area (Å²) in [6, 6.07) is 11.6. The van der Waals surface area contributed by atoms with Gasteiger partial charge < -0.3 is 5.32 Å². The van der Waals surface area contributed by atoms with Gasteiger partial charge in [0, 0.05) is 16.6 Å². The molecule has 3 aromatic rings. The number of ketones is 1. The number of thioether (sulfide) groups is 1. The molecule has 4 nitrogen and oxygen atoms in total. The van der Waals surface area contributed by atoms with Gasteiger partial charge >= 0.3 is 0 Å². The Kier molecular flexibility index (Phi) is 7.41. The molecule has 0 aliphatic carbocycles. The van der Waals surface area contributed by atoms with Gasteiger partial charge in [0.2, 0.25) is 5.91 Å². The lowest BCUT2D eigenvalue weighted by Crippen LogP contribution is -2.14. The number of halogens is 2. The first-order valence-corrected chi connectivity index (χ1v) is 11.1. The summed E-state index contributed by atoms with van der Waals surface area (Å²) >= 11 is 8.46. The quantitative estimate of drug-likeness (QED) is 0.357. The minimum atomic E-state index is -0.540. The van der Waals surface area contributed by atoms with E-state index in [4.69, 9.17) is 11.6 Å². The fourth-order valence-electron chi connectivity index (χ4n) is 2.52. The Balaban J connectivity index is 1.51. The van der Waals surface area contributed by atoms with Gasteiger partial charge in [-0.05, 0) is 30.2 Å². The fourth-order valence-corrected chi connectivity index (χ4v) is 4.44. The zero-order valence-electron chi connectivity index (χ0n) is 15.6. The average molecular weight is 449 g/mol. The van der Waals surface area contributed by atoms with E-state index < -0.39 is 5.82 Å². The molecule has 0 atom stereocenters. The van der Waals surface area contributed by atoms with E-state index in [1.54, 1.807) is 5.38 Å². The van der Waals surface area contributed by atoms with Crippen LogP contribution in [0.4, 0.5) is 10.1 Å². The second-order valence-corrected chi connectivity index (χ2v) is 8.71. The lowest BCUT2D eigenvalue weighted by Gasteiger charge is -2.05. The Labute approximate surface area is 181 Å². The number of rotatable bonds is 8. The van der Waals surface area contributed by atoms with Crippen molar-refractivity contribution < 1.29 is 14.0 Å². The predicted octanol–water partition coefficient (Wildman–Crippen LogP) is 5.65. The van der Waals surface area contributed by atoms with Crippen molar-refractivity contribution >= 4 is 52.1 Å². The van der Waals surface area contributed by atoms with E-state index in [1.807, 2.05) is 24.3 Å². The number of carbonyl (C=O) groups is 2. The third-order valence-corrected chi connectivity index (χ3v) is 6.45. The van der Waals surface area contributed by atoms with Gasteiger partial charge in [0.1, 0.15) is 5.82 Å². The van der Waals surface area contributed by atoms with Crippen molar-refractivity contribution in [1.82, 2.24) is 4.98 Å². The maximum atomic E-state index is 13.2. The Morgan fingerprint density at radius 1 is 1.21 bits per heavy atom. The molecule has 0 radical (unpaired) electrons. The number of thiazole rings is 1. The summed E-state index contributed by atoms with van der Waals surface area (Å²) in [5.74, 6) is -0.484. The first-order valence-electron chi connectivity index (χ1n) is 8.89. The molecule has 8 heteroatoms. The molecular weight excluding hydrogens is 431 g/mol. The molecule has 0 fully saturated rings. The summed E-state index contributed by atoms with van der Waals surface area (Å²) in [7, 11) is 0. The Hall–Kier alpha value is -2.22. The summed E-state index contributed by atoms with van der Waals surface area (Å²) in [6.45, 7) is 2.07. The van der Waals surface area contributed by atoms with Crippen LogP contribution in [0.15, 0.2) is 52.2 Å². The van der Waals surface area contributed by atoms with E-state index in [2.05, 4.69) is 17.2 Å². The topological polar surface area (TPSA) is 59.1 Å². The molecule has 150 valence electrons. The second-order valence-electron chi connectivity index (χ2n) is 6.22. The summed E-state index contributed by atoms with van der Waals surface area (Å²) in [5, 5.41) is 4.40. The zero-order chi connectivity index (χ0) is 20.8. The van der Waals surface area contributed by atoms with E-state index in [-0.39, 0.29) is 23.1 Å². The number of hydrogen-bond acceptors (Lipinski definition) is 5. The highest BCUT2D eigenvalue weighted by Gasteiger charge is 2.12. The van der Waals surface area contributed by atoms with Crippen molar-refractivity contribution in [3.05, 3.63) is 75.5 Å². The third-order valence-electron chi connectivity index (χ3n) is 4.09. The van der Waals surface area contributed by atoms with Crippen molar-refractivity contribution in [2.24, 2.45) is 0 Å². The smallest absolute Gasteiger partial charge is 0.230 e. The fraction of sp³-hybridized carbons (Fsp3) is 0.190. The number of benzene rings is 2. The lowest BCUT2D eigenvalue weighted by molar-refractivity contribution is -0.115. The van der Waals surface area contributed by atoms with Crippen LogP contribution in [0.25, 0.3) is 0 Å². The number of aryl methyl sites for hydroxylation is 1. The molecule has 1 N–H and O–H groups in total. The minimum absolute atomic E-state index is 0.0420. The Morgan fingerprint density at radius 2 is 1.97 bits per heavy atom. The highest BCUT2D eigenvalue weighted by molar-refractivity contribution is 8.01. The molecule has 0 saturated carbocycles. The predicted molar refractivity (Wildman–Crippen MR) is 117 cm³/mol. The lowest BCUT2D eigenvalue weighted by atomic mass is 10.1. The van der Waals surface area contributed by atoms with Crippen LogP contribution in [0.3, 0.4) is 0 Å². The van der Waals surface area contributed by atoms with Gasteiger partial charge in [0.05, 0.1) is 22.9 Å². The van der Waals surface area contributed by atoms with Crippen LogP contribution >= 0.6 is 34.7 Å². The number of nitrogens with one attached hydrogen (secondary N) is 1. The van der Waals surface area contributed by atoms with Crippen LogP contribution in [-0.2, 0) is 17.6 Å². The number of nitrogens with zero attached hydrogens (tertiary/aromatic N) is 1. The molecule has 0 aliphatic heterocycles. The van der Waals surface area contributed by atoms with Crippen LogP contribution in [0.1, 0.15) is 28.5 Å². The number of amides is 1.